The summed E-state index contributed by atoms with van der Waals surface area (Å²) in [6.45, 7) is 5.70. The Labute approximate surface area is 222 Å². The molecule has 3 rings (SSSR count). The Hall–Kier alpha value is -2.74. The number of benzene rings is 2. The lowest BCUT2D eigenvalue weighted by molar-refractivity contribution is -0.139. The van der Waals surface area contributed by atoms with Crippen LogP contribution in [0.25, 0.3) is 5.76 Å². The molecular formula is C27H32Cl2N2O5. The molecule has 2 aromatic carbocycles. The normalized spacial score (nSPS) is 17.4. The Morgan fingerprint density at radius 3 is 2.39 bits per heavy atom. The minimum absolute atomic E-state index is 0.0248. The van der Waals surface area contributed by atoms with Crippen molar-refractivity contribution in [1.82, 2.24) is 9.80 Å². The first-order valence-electron chi connectivity index (χ1n) is 11.7. The SMILES string of the molecule is COc1c(Cl)cc(/C(O)=C2\C(=O)C(=O)N(CCCN(C)C)C2c2cccc(OCC(C)C)c2)cc1Cl. The summed E-state index contributed by atoms with van der Waals surface area (Å²) < 4.78 is 11.1. The van der Waals surface area contributed by atoms with Crippen molar-refractivity contribution in [3.8, 4) is 11.5 Å². The lowest BCUT2D eigenvalue weighted by Gasteiger charge is -2.26. The molecule has 36 heavy (non-hydrogen) atoms. The maximum atomic E-state index is 13.3. The molecule has 1 atom stereocenters. The van der Waals surface area contributed by atoms with Crippen LogP contribution >= 0.6 is 23.2 Å². The first-order valence-corrected chi connectivity index (χ1v) is 12.5. The van der Waals surface area contributed by atoms with Gasteiger partial charge in [-0.3, -0.25) is 9.59 Å². The van der Waals surface area contributed by atoms with Crippen LogP contribution in [-0.4, -0.2) is 67.5 Å². The Kier molecular flexibility index (Phi) is 9.28. The van der Waals surface area contributed by atoms with Crippen LogP contribution < -0.4 is 9.47 Å². The molecule has 0 spiro atoms. The fraction of sp³-hybridized carbons (Fsp3) is 0.407. The van der Waals surface area contributed by atoms with E-state index in [1.165, 1.54) is 24.1 Å². The molecule has 1 fully saturated rings. The van der Waals surface area contributed by atoms with Crippen molar-refractivity contribution in [2.75, 3.05) is 40.9 Å². The topological polar surface area (TPSA) is 79.3 Å². The fourth-order valence-electron chi connectivity index (χ4n) is 4.10. The van der Waals surface area contributed by atoms with Gasteiger partial charge in [0.2, 0.25) is 0 Å². The van der Waals surface area contributed by atoms with Crippen molar-refractivity contribution in [2.45, 2.75) is 26.3 Å². The van der Waals surface area contributed by atoms with E-state index in [2.05, 4.69) is 13.8 Å². The van der Waals surface area contributed by atoms with E-state index in [0.29, 0.717) is 36.8 Å². The molecule has 1 amide bonds. The number of carbonyl (C=O) groups is 2. The van der Waals surface area contributed by atoms with Gasteiger partial charge < -0.3 is 24.4 Å². The van der Waals surface area contributed by atoms with E-state index in [-0.39, 0.29) is 32.7 Å². The number of methoxy groups -OCH3 is 1. The third kappa shape index (κ3) is 6.14. The average Bonchev–Trinajstić information content (AvgIpc) is 3.07. The summed E-state index contributed by atoms with van der Waals surface area (Å²) >= 11 is 12.6. The lowest BCUT2D eigenvalue weighted by atomic mass is 9.95. The zero-order chi connectivity index (χ0) is 26.6. The summed E-state index contributed by atoms with van der Waals surface area (Å²) in [4.78, 5) is 29.9. The Bertz CT molecular complexity index is 1140. The predicted octanol–water partition coefficient (Wildman–Crippen LogP) is 5.41. The average molecular weight is 535 g/mol. The number of likely N-dealkylation sites (tertiary alicyclic amines) is 1. The Morgan fingerprint density at radius 1 is 1.14 bits per heavy atom. The number of hydrogen-bond donors (Lipinski definition) is 1. The molecule has 194 valence electrons. The van der Waals surface area contributed by atoms with Crippen LogP contribution in [0.5, 0.6) is 11.5 Å². The molecule has 0 saturated carbocycles. The maximum absolute atomic E-state index is 13.3. The minimum Gasteiger partial charge on any atom is -0.507 e. The van der Waals surface area contributed by atoms with Gasteiger partial charge in [-0.1, -0.05) is 49.2 Å². The van der Waals surface area contributed by atoms with E-state index >= 15 is 0 Å². The van der Waals surface area contributed by atoms with Crippen LogP contribution in [0.4, 0.5) is 0 Å². The van der Waals surface area contributed by atoms with E-state index in [1.807, 2.05) is 37.2 Å². The third-order valence-electron chi connectivity index (χ3n) is 5.78. The molecule has 0 bridgehead atoms. The summed E-state index contributed by atoms with van der Waals surface area (Å²) in [6.07, 6.45) is 0.653. The number of aliphatic hydroxyl groups is 1. The van der Waals surface area contributed by atoms with Crippen LogP contribution in [0.1, 0.15) is 37.4 Å². The second kappa shape index (κ2) is 12.0. The largest absolute Gasteiger partial charge is 0.507 e. The molecule has 7 nitrogen and oxygen atoms in total. The summed E-state index contributed by atoms with van der Waals surface area (Å²) in [5.41, 5.74) is 0.852. The smallest absolute Gasteiger partial charge is 0.295 e. The number of ketones is 1. The minimum atomic E-state index is -0.797. The zero-order valence-corrected chi connectivity index (χ0v) is 22.7. The Morgan fingerprint density at radius 2 is 1.81 bits per heavy atom. The van der Waals surface area contributed by atoms with Crippen LogP contribution in [0.15, 0.2) is 42.0 Å². The van der Waals surface area contributed by atoms with Gasteiger partial charge in [0.15, 0.2) is 5.75 Å². The number of aliphatic hydroxyl groups excluding tert-OH is 1. The predicted molar refractivity (Wildman–Crippen MR) is 142 cm³/mol. The summed E-state index contributed by atoms with van der Waals surface area (Å²) in [5, 5.41) is 11.7. The lowest BCUT2D eigenvalue weighted by Crippen LogP contribution is -2.32. The molecule has 1 unspecified atom stereocenters. The number of carbonyl (C=O) groups excluding carboxylic acids is 2. The molecule has 9 heteroatoms. The van der Waals surface area contributed by atoms with E-state index < -0.39 is 17.7 Å². The summed E-state index contributed by atoms with van der Waals surface area (Å²) in [7, 11) is 5.32. The van der Waals surface area contributed by atoms with Gasteiger partial charge in [0.25, 0.3) is 11.7 Å². The quantitative estimate of drug-likeness (QED) is 0.249. The molecule has 1 aliphatic rings. The van der Waals surface area contributed by atoms with Gasteiger partial charge in [-0.05, 0) is 62.8 Å². The van der Waals surface area contributed by atoms with Gasteiger partial charge in [0.1, 0.15) is 11.5 Å². The van der Waals surface area contributed by atoms with Gasteiger partial charge >= 0.3 is 0 Å². The summed E-state index contributed by atoms with van der Waals surface area (Å²) in [5.74, 6) is -0.581. The molecule has 2 aromatic rings. The number of Topliss-reactive ketones (excluding diaryl/α,β-unsaturated/α-hetero) is 1. The number of halogens is 2. The molecule has 0 aromatic heterocycles. The van der Waals surface area contributed by atoms with Crippen molar-refractivity contribution in [3.63, 3.8) is 0 Å². The molecule has 1 N–H and O–H groups in total. The first-order chi connectivity index (χ1) is 17.0. The van der Waals surface area contributed by atoms with Crippen molar-refractivity contribution in [2.24, 2.45) is 5.92 Å². The second-order valence-corrected chi connectivity index (χ2v) is 10.2. The number of nitrogens with zero attached hydrogens (tertiary/aromatic N) is 2. The molecule has 0 aliphatic carbocycles. The highest BCUT2D eigenvalue weighted by Crippen LogP contribution is 2.42. The van der Waals surface area contributed by atoms with Crippen LogP contribution in [0, 0.1) is 5.92 Å². The highest BCUT2D eigenvalue weighted by atomic mass is 35.5. The highest BCUT2D eigenvalue weighted by Gasteiger charge is 2.46. The molecule has 1 aliphatic heterocycles. The van der Waals surface area contributed by atoms with Crippen molar-refractivity contribution in [3.05, 3.63) is 63.1 Å². The maximum Gasteiger partial charge on any atom is 0.295 e. The number of rotatable bonds is 10. The third-order valence-corrected chi connectivity index (χ3v) is 6.34. The second-order valence-electron chi connectivity index (χ2n) is 9.40. The van der Waals surface area contributed by atoms with E-state index in [9.17, 15) is 14.7 Å². The van der Waals surface area contributed by atoms with Crippen LogP contribution in [0.2, 0.25) is 10.0 Å². The van der Waals surface area contributed by atoms with E-state index in [4.69, 9.17) is 32.7 Å². The monoisotopic (exact) mass is 534 g/mol. The van der Waals surface area contributed by atoms with Crippen molar-refractivity contribution in [1.29, 1.82) is 0 Å². The van der Waals surface area contributed by atoms with Crippen LogP contribution in [-0.2, 0) is 9.59 Å². The molecule has 1 saturated heterocycles. The summed E-state index contributed by atoms with van der Waals surface area (Å²) in [6, 6.07) is 9.38. The van der Waals surface area contributed by atoms with Gasteiger partial charge in [0, 0.05) is 12.1 Å². The van der Waals surface area contributed by atoms with Gasteiger partial charge in [-0.25, -0.2) is 0 Å². The molecular weight excluding hydrogens is 503 g/mol. The standard InChI is InChI=1S/C27H32Cl2N2O5/c1-16(2)15-36-19-9-6-8-17(12-19)23-22(25(33)27(34)31(23)11-7-10-30(3)4)24(32)18-13-20(28)26(35-5)21(29)14-18/h6,8-9,12-14,16,23,32H,7,10-11,15H2,1-5H3/b24-22+. The highest BCUT2D eigenvalue weighted by molar-refractivity contribution is 6.46. The zero-order valence-electron chi connectivity index (χ0n) is 21.2. The van der Waals surface area contributed by atoms with Crippen molar-refractivity contribution < 1.29 is 24.2 Å². The number of ether oxygens (including phenoxy) is 2. The van der Waals surface area contributed by atoms with E-state index in [0.717, 1.165) is 6.54 Å². The first kappa shape index (κ1) is 27.8. The molecule has 0 radical (unpaired) electrons. The van der Waals surface area contributed by atoms with Gasteiger partial charge in [-0.15, -0.1) is 0 Å². The Balaban J connectivity index is 2.13. The van der Waals surface area contributed by atoms with Crippen LogP contribution in [0.3, 0.4) is 0 Å². The van der Waals surface area contributed by atoms with E-state index in [1.54, 1.807) is 6.07 Å². The fourth-order valence-corrected chi connectivity index (χ4v) is 4.74. The number of amides is 1. The van der Waals surface area contributed by atoms with Gasteiger partial charge in [0.05, 0.1) is 35.4 Å². The molecule has 1 heterocycles. The number of hydrogen-bond acceptors (Lipinski definition) is 6. The van der Waals surface area contributed by atoms with Crippen molar-refractivity contribution >= 4 is 40.7 Å². The van der Waals surface area contributed by atoms with Gasteiger partial charge in [-0.2, -0.15) is 0 Å².